The van der Waals surface area contributed by atoms with E-state index in [1.54, 1.807) is 48.5 Å². The minimum absolute atomic E-state index is 0.00611. The van der Waals surface area contributed by atoms with E-state index in [0.717, 1.165) is 5.56 Å². The third-order valence-corrected chi connectivity index (χ3v) is 6.95. The van der Waals surface area contributed by atoms with E-state index in [1.165, 1.54) is 31.4 Å². The number of carboxylic acids is 2. The third-order valence-electron chi connectivity index (χ3n) is 6.95. The fourth-order valence-corrected chi connectivity index (χ4v) is 4.56. The summed E-state index contributed by atoms with van der Waals surface area (Å²) in [5.74, 6) is -2.78. The molecule has 12 nitrogen and oxygen atoms in total. The van der Waals surface area contributed by atoms with Crippen molar-refractivity contribution >= 4 is 46.8 Å². The van der Waals surface area contributed by atoms with Gasteiger partial charge in [-0.05, 0) is 78.2 Å². The molecule has 4 aromatic rings. The Morgan fingerprint density at radius 1 is 0.761 bits per heavy atom. The molecular formula is C34H32N4O8. The van der Waals surface area contributed by atoms with Crippen LogP contribution in [0, 0.1) is 6.92 Å². The Balaban J connectivity index is 1.36. The summed E-state index contributed by atoms with van der Waals surface area (Å²) in [5, 5.41) is 29.4. The Labute approximate surface area is 264 Å². The van der Waals surface area contributed by atoms with E-state index in [9.17, 15) is 29.1 Å². The highest BCUT2D eigenvalue weighted by Gasteiger charge is 2.20. The van der Waals surface area contributed by atoms with Gasteiger partial charge in [0.25, 0.3) is 5.91 Å². The first-order valence-corrected chi connectivity index (χ1v) is 14.1. The normalized spacial score (nSPS) is 11.1. The summed E-state index contributed by atoms with van der Waals surface area (Å²) in [6.07, 6.45) is -0.392. The van der Waals surface area contributed by atoms with E-state index >= 15 is 0 Å². The molecule has 4 amide bonds. The monoisotopic (exact) mass is 624 g/mol. The molecule has 0 radical (unpaired) electrons. The van der Waals surface area contributed by atoms with Crippen molar-refractivity contribution in [3.8, 4) is 5.75 Å². The van der Waals surface area contributed by atoms with E-state index in [4.69, 9.17) is 9.84 Å². The number of para-hydroxylation sites is 1. The molecule has 0 saturated carbocycles. The van der Waals surface area contributed by atoms with Crippen molar-refractivity contribution in [2.75, 3.05) is 23.1 Å². The third kappa shape index (κ3) is 8.92. The number of carbonyl (C=O) groups is 5. The van der Waals surface area contributed by atoms with Gasteiger partial charge in [-0.3, -0.25) is 14.4 Å². The predicted molar refractivity (Wildman–Crippen MR) is 171 cm³/mol. The molecule has 4 aromatic carbocycles. The summed E-state index contributed by atoms with van der Waals surface area (Å²) in [4.78, 5) is 60.6. The molecule has 0 aliphatic rings. The van der Waals surface area contributed by atoms with Gasteiger partial charge < -0.3 is 36.2 Å². The van der Waals surface area contributed by atoms with Crippen molar-refractivity contribution in [2.24, 2.45) is 0 Å². The minimum atomic E-state index is -1.13. The van der Waals surface area contributed by atoms with Crippen LogP contribution < -0.4 is 26.0 Å². The van der Waals surface area contributed by atoms with Crippen molar-refractivity contribution in [1.29, 1.82) is 0 Å². The number of urea groups is 1. The molecule has 0 fully saturated rings. The number of rotatable bonds is 12. The summed E-state index contributed by atoms with van der Waals surface area (Å²) in [6.45, 7) is 1.88. The first-order valence-electron chi connectivity index (χ1n) is 14.1. The van der Waals surface area contributed by atoms with E-state index in [-0.39, 0.29) is 23.5 Å². The van der Waals surface area contributed by atoms with Gasteiger partial charge in [-0.2, -0.15) is 0 Å². The highest BCUT2D eigenvalue weighted by atomic mass is 16.5. The molecule has 6 N–H and O–H groups in total. The molecule has 0 spiro atoms. The summed E-state index contributed by atoms with van der Waals surface area (Å²) in [6, 6.07) is 22.7. The van der Waals surface area contributed by atoms with Crippen LogP contribution >= 0.6 is 0 Å². The van der Waals surface area contributed by atoms with Gasteiger partial charge in [-0.1, -0.05) is 36.4 Å². The maximum Gasteiger partial charge on any atom is 0.335 e. The van der Waals surface area contributed by atoms with Gasteiger partial charge >= 0.3 is 18.0 Å². The Morgan fingerprint density at radius 3 is 2.04 bits per heavy atom. The molecule has 0 heterocycles. The largest absolute Gasteiger partial charge is 0.495 e. The van der Waals surface area contributed by atoms with Gasteiger partial charge in [0, 0.05) is 16.9 Å². The number of nitrogens with one attached hydrogen (secondary N) is 4. The maximum absolute atomic E-state index is 12.8. The number of hydrogen-bond acceptors (Lipinski definition) is 6. The zero-order chi connectivity index (χ0) is 33.2. The molecule has 1 atom stereocenters. The van der Waals surface area contributed by atoms with Crippen LogP contribution in [0.5, 0.6) is 5.75 Å². The Kier molecular flexibility index (Phi) is 10.7. The molecule has 4 rings (SSSR count). The molecule has 46 heavy (non-hydrogen) atoms. The smallest absolute Gasteiger partial charge is 0.335 e. The maximum atomic E-state index is 12.8. The number of ether oxygens (including phenoxy) is 1. The van der Waals surface area contributed by atoms with Gasteiger partial charge in [0.05, 0.1) is 37.2 Å². The quantitative estimate of drug-likeness (QED) is 0.120. The number of aryl methyl sites for hydroxylation is 1. The van der Waals surface area contributed by atoms with Crippen molar-refractivity contribution in [2.45, 2.75) is 25.8 Å². The van der Waals surface area contributed by atoms with Gasteiger partial charge in [-0.15, -0.1) is 0 Å². The molecule has 0 saturated heterocycles. The number of aliphatic carboxylic acids is 1. The molecule has 0 bridgehead atoms. The molecule has 0 aliphatic carbocycles. The fourth-order valence-electron chi connectivity index (χ4n) is 4.56. The summed E-state index contributed by atoms with van der Waals surface area (Å²) in [5.41, 5.74) is 3.79. The van der Waals surface area contributed by atoms with Gasteiger partial charge in [0.2, 0.25) is 5.91 Å². The molecular weight excluding hydrogens is 592 g/mol. The first-order chi connectivity index (χ1) is 22.0. The number of carbonyl (C=O) groups excluding carboxylic acids is 3. The van der Waals surface area contributed by atoms with Crippen LogP contribution in [0.15, 0.2) is 91.0 Å². The predicted octanol–water partition coefficient (Wildman–Crippen LogP) is 5.47. The highest BCUT2D eigenvalue weighted by molar-refractivity contribution is 6.01. The van der Waals surface area contributed by atoms with Crippen LogP contribution in [0.4, 0.5) is 21.9 Å². The first kappa shape index (κ1) is 32.7. The number of carboxylic acid groups (broad SMARTS) is 2. The lowest BCUT2D eigenvalue weighted by molar-refractivity contribution is -0.137. The van der Waals surface area contributed by atoms with Gasteiger partial charge in [0.1, 0.15) is 5.75 Å². The summed E-state index contributed by atoms with van der Waals surface area (Å²) >= 11 is 0. The van der Waals surface area contributed by atoms with E-state index in [2.05, 4.69) is 21.3 Å². The van der Waals surface area contributed by atoms with Crippen LogP contribution in [0.1, 0.15) is 49.9 Å². The van der Waals surface area contributed by atoms with Crippen LogP contribution in [-0.2, 0) is 16.0 Å². The van der Waals surface area contributed by atoms with Crippen LogP contribution in [-0.4, -0.2) is 47.1 Å². The number of amides is 4. The highest BCUT2D eigenvalue weighted by Crippen LogP contribution is 2.27. The number of hydrogen-bond donors (Lipinski definition) is 6. The van der Waals surface area contributed by atoms with Crippen molar-refractivity contribution < 1.29 is 38.9 Å². The van der Waals surface area contributed by atoms with E-state index < -0.39 is 36.3 Å². The molecule has 236 valence electrons. The zero-order valence-electron chi connectivity index (χ0n) is 25.0. The second-order valence-corrected chi connectivity index (χ2v) is 10.3. The number of aromatic carboxylic acids is 1. The lowest BCUT2D eigenvalue weighted by Gasteiger charge is -2.18. The lowest BCUT2D eigenvalue weighted by atomic mass is 10.0. The van der Waals surface area contributed by atoms with E-state index in [1.807, 2.05) is 25.1 Å². The second-order valence-electron chi connectivity index (χ2n) is 10.3. The summed E-state index contributed by atoms with van der Waals surface area (Å²) < 4.78 is 5.42. The zero-order valence-corrected chi connectivity index (χ0v) is 25.0. The van der Waals surface area contributed by atoms with Crippen molar-refractivity contribution in [1.82, 2.24) is 5.32 Å². The molecule has 0 aromatic heterocycles. The van der Waals surface area contributed by atoms with Crippen LogP contribution in [0.2, 0.25) is 0 Å². The van der Waals surface area contributed by atoms with Crippen molar-refractivity contribution in [3.05, 3.63) is 119 Å². The van der Waals surface area contributed by atoms with Crippen molar-refractivity contribution in [3.63, 3.8) is 0 Å². The molecule has 1 unspecified atom stereocenters. The number of methoxy groups -OCH3 is 1. The van der Waals surface area contributed by atoms with Gasteiger partial charge in [0.15, 0.2) is 0 Å². The summed E-state index contributed by atoms with van der Waals surface area (Å²) in [7, 11) is 1.46. The Hall–Kier alpha value is -6.17. The average molecular weight is 625 g/mol. The standard InChI is InChI=1S/C34H32N4O8/c1-20-5-3-4-6-26(20)37-34(45)38-27-16-7-21(17-29(27)46-2)18-30(39)35-25-14-12-22(13-15-25)28(19-31(40)41)36-32(42)23-8-10-24(11-9-23)33(43)44/h3-17,28H,18-19H2,1-2H3,(H,35,39)(H,36,42)(H,40,41)(H,43,44)(H2,37,38,45). The average Bonchev–Trinajstić information content (AvgIpc) is 3.02. The molecule has 12 heteroatoms. The van der Waals surface area contributed by atoms with Crippen LogP contribution in [0.25, 0.3) is 0 Å². The topological polar surface area (TPSA) is 183 Å². The van der Waals surface area contributed by atoms with Gasteiger partial charge in [-0.25, -0.2) is 9.59 Å². The van der Waals surface area contributed by atoms with E-state index in [0.29, 0.717) is 33.9 Å². The fraction of sp³-hybridized carbons (Fsp3) is 0.147. The molecule has 0 aliphatic heterocycles. The number of anilines is 3. The lowest BCUT2D eigenvalue weighted by Crippen LogP contribution is -2.30. The SMILES string of the molecule is COc1cc(CC(=O)Nc2ccc(C(CC(=O)O)NC(=O)c3ccc(C(=O)O)cc3)cc2)ccc1NC(=O)Nc1ccccc1C. The Bertz CT molecular complexity index is 1750. The minimum Gasteiger partial charge on any atom is -0.495 e. The second kappa shape index (κ2) is 15.0. The van der Waals surface area contributed by atoms with Crippen LogP contribution in [0.3, 0.4) is 0 Å². The Morgan fingerprint density at radius 2 is 1.41 bits per heavy atom. The number of benzene rings is 4.